The van der Waals surface area contributed by atoms with Gasteiger partial charge in [0, 0.05) is 0 Å². The summed E-state index contributed by atoms with van der Waals surface area (Å²) in [6.07, 6.45) is 1.11. The summed E-state index contributed by atoms with van der Waals surface area (Å²) in [5, 5.41) is 0. The van der Waals surface area contributed by atoms with Crippen LogP contribution in [-0.2, 0) is 6.42 Å². The van der Waals surface area contributed by atoms with E-state index in [2.05, 4.69) is 63.3 Å². The van der Waals surface area contributed by atoms with Crippen LogP contribution >= 0.6 is 0 Å². The molecule has 0 spiro atoms. The highest BCUT2D eigenvalue weighted by atomic mass is 14.0. The number of rotatable bonds is 2. The Hall–Kier alpha value is -1.50. The van der Waals surface area contributed by atoms with Crippen molar-refractivity contribution < 1.29 is 0 Å². The Morgan fingerprint density at radius 1 is 0.933 bits per heavy atom. The van der Waals surface area contributed by atoms with E-state index in [9.17, 15) is 0 Å². The minimum atomic E-state index is 1.11. The molecule has 0 radical (unpaired) electrons. The third-order valence-electron chi connectivity index (χ3n) is 2.71. The van der Waals surface area contributed by atoms with Gasteiger partial charge in [-0.3, -0.25) is 0 Å². The second kappa shape index (κ2) is 4.35. The van der Waals surface area contributed by atoms with Crippen LogP contribution in [0.15, 0.2) is 48.5 Å². The quantitative estimate of drug-likeness (QED) is 0.642. The smallest absolute Gasteiger partial charge is 0.0884 e. The van der Waals surface area contributed by atoms with E-state index in [0.29, 0.717) is 0 Å². The predicted molar refractivity (Wildman–Crippen MR) is 69.4 cm³/mol. The number of hydrogen-bond donors (Lipinski definition) is 0. The van der Waals surface area contributed by atoms with Gasteiger partial charge in [-0.25, -0.2) is 0 Å². The molecule has 0 aliphatic rings. The topological polar surface area (TPSA) is 0 Å². The number of hydrogen-bond acceptors (Lipinski definition) is 0. The first kappa shape index (κ1) is 10.0. The molecule has 0 unspecified atom stereocenters. The third-order valence-corrected chi connectivity index (χ3v) is 2.71. The van der Waals surface area contributed by atoms with Crippen LogP contribution in [-0.4, -0.2) is 7.85 Å². The molecule has 0 aliphatic heterocycles. The molecule has 2 aromatic rings. The number of aryl methyl sites for hydroxylation is 1. The van der Waals surface area contributed by atoms with Crippen molar-refractivity contribution in [3.63, 3.8) is 0 Å². The van der Waals surface area contributed by atoms with E-state index in [0.717, 1.165) is 6.42 Å². The first-order valence-corrected chi connectivity index (χ1v) is 5.45. The van der Waals surface area contributed by atoms with Crippen LogP contribution in [0.4, 0.5) is 0 Å². The van der Waals surface area contributed by atoms with Crippen molar-refractivity contribution in [3.8, 4) is 11.1 Å². The van der Waals surface area contributed by atoms with Crippen LogP contribution in [0.5, 0.6) is 0 Å². The lowest BCUT2D eigenvalue weighted by Crippen LogP contribution is -2.00. The van der Waals surface area contributed by atoms with Crippen LogP contribution < -0.4 is 5.46 Å². The summed E-state index contributed by atoms with van der Waals surface area (Å²) in [6, 6.07) is 17.4. The first-order chi connectivity index (χ1) is 7.29. The molecule has 0 saturated heterocycles. The molecule has 0 nitrogen and oxygen atoms in total. The Bertz CT molecular complexity index is 443. The van der Waals surface area contributed by atoms with Crippen LogP contribution in [0.2, 0.25) is 0 Å². The van der Waals surface area contributed by atoms with E-state index in [1.54, 1.807) is 0 Å². The molecule has 2 rings (SSSR count). The van der Waals surface area contributed by atoms with Crippen LogP contribution in [0, 0.1) is 0 Å². The van der Waals surface area contributed by atoms with Crippen molar-refractivity contribution in [2.75, 3.05) is 0 Å². The molecule has 1 heteroatoms. The minimum Gasteiger partial charge on any atom is -0.0884 e. The summed E-state index contributed by atoms with van der Waals surface area (Å²) in [5.41, 5.74) is 5.31. The molecular weight excluding hydrogens is 179 g/mol. The van der Waals surface area contributed by atoms with E-state index < -0.39 is 0 Å². The van der Waals surface area contributed by atoms with Crippen molar-refractivity contribution in [3.05, 3.63) is 54.1 Å². The lowest BCUT2D eigenvalue weighted by atomic mass is 9.92. The Kier molecular flexibility index (Phi) is 2.91. The van der Waals surface area contributed by atoms with Crippen molar-refractivity contribution >= 4 is 13.3 Å². The molecular formula is C14H15B. The Labute approximate surface area is 92.4 Å². The molecule has 0 N–H and O–H groups in total. The van der Waals surface area contributed by atoms with Crippen LogP contribution in [0.1, 0.15) is 12.5 Å². The highest BCUT2D eigenvalue weighted by Gasteiger charge is 1.97. The lowest BCUT2D eigenvalue weighted by Gasteiger charge is -2.04. The molecule has 0 bridgehead atoms. The third kappa shape index (κ3) is 2.30. The molecule has 0 fully saturated rings. The zero-order valence-electron chi connectivity index (χ0n) is 9.33. The second-order valence-electron chi connectivity index (χ2n) is 3.92. The molecule has 0 saturated carbocycles. The predicted octanol–water partition coefficient (Wildman–Crippen LogP) is 2.17. The monoisotopic (exact) mass is 194 g/mol. The molecule has 0 aliphatic carbocycles. The van der Waals surface area contributed by atoms with Gasteiger partial charge in [0.25, 0.3) is 0 Å². The van der Waals surface area contributed by atoms with Crippen LogP contribution in [0.3, 0.4) is 0 Å². The average Bonchev–Trinajstić information content (AvgIpc) is 2.29. The maximum Gasteiger partial charge on any atom is 0.139 e. The van der Waals surface area contributed by atoms with Gasteiger partial charge in [0.2, 0.25) is 0 Å². The molecule has 0 aromatic heterocycles. The zero-order chi connectivity index (χ0) is 10.7. The fourth-order valence-electron chi connectivity index (χ4n) is 1.76. The van der Waals surface area contributed by atoms with Gasteiger partial charge in [-0.1, -0.05) is 60.9 Å². The maximum atomic E-state index is 2.22. The minimum absolute atomic E-state index is 1.11. The molecule has 74 valence electrons. The first-order valence-electron chi connectivity index (χ1n) is 5.45. The van der Waals surface area contributed by atoms with Gasteiger partial charge in [-0.05, 0) is 23.1 Å². The van der Waals surface area contributed by atoms with Gasteiger partial charge in [0.1, 0.15) is 7.85 Å². The highest BCUT2D eigenvalue weighted by molar-refractivity contribution is 6.32. The standard InChI is InChI=1S/C14H15B/c1-2-11-6-8-12(9-7-11)13-4-3-5-14(15)10-13/h3-10H,2,15H2,1H3. The zero-order valence-corrected chi connectivity index (χ0v) is 9.33. The van der Waals surface area contributed by atoms with E-state index in [1.807, 2.05) is 0 Å². The summed E-state index contributed by atoms with van der Waals surface area (Å²) in [5.74, 6) is 0. The maximum absolute atomic E-state index is 2.22. The van der Waals surface area contributed by atoms with Gasteiger partial charge in [-0.2, -0.15) is 0 Å². The van der Waals surface area contributed by atoms with E-state index >= 15 is 0 Å². The molecule has 0 atom stereocenters. The number of benzene rings is 2. The van der Waals surface area contributed by atoms with Crippen LogP contribution in [0.25, 0.3) is 11.1 Å². The summed E-state index contributed by atoms with van der Waals surface area (Å²) in [4.78, 5) is 0. The van der Waals surface area contributed by atoms with Crippen molar-refractivity contribution in [2.24, 2.45) is 0 Å². The second-order valence-corrected chi connectivity index (χ2v) is 3.92. The summed E-state index contributed by atoms with van der Waals surface area (Å²) < 4.78 is 0. The van der Waals surface area contributed by atoms with Crippen molar-refractivity contribution in [2.45, 2.75) is 13.3 Å². The Morgan fingerprint density at radius 2 is 1.67 bits per heavy atom. The van der Waals surface area contributed by atoms with Gasteiger partial charge < -0.3 is 0 Å². The largest absolute Gasteiger partial charge is 0.139 e. The van der Waals surface area contributed by atoms with Gasteiger partial charge in [-0.15, -0.1) is 0 Å². The van der Waals surface area contributed by atoms with Gasteiger partial charge in [0.05, 0.1) is 0 Å². The molecule has 15 heavy (non-hydrogen) atoms. The normalized spacial score (nSPS) is 10.2. The Balaban J connectivity index is 2.37. The van der Waals surface area contributed by atoms with Crippen molar-refractivity contribution in [1.82, 2.24) is 0 Å². The molecule has 0 amide bonds. The Morgan fingerprint density at radius 3 is 2.27 bits per heavy atom. The van der Waals surface area contributed by atoms with Gasteiger partial charge in [0.15, 0.2) is 0 Å². The summed E-state index contributed by atoms with van der Waals surface area (Å²) >= 11 is 0. The highest BCUT2D eigenvalue weighted by Crippen LogP contribution is 2.18. The fourth-order valence-corrected chi connectivity index (χ4v) is 1.76. The van der Waals surface area contributed by atoms with Crippen molar-refractivity contribution in [1.29, 1.82) is 0 Å². The molecule has 2 aromatic carbocycles. The van der Waals surface area contributed by atoms with Gasteiger partial charge >= 0.3 is 0 Å². The van der Waals surface area contributed by atoms with E-state index in [-0.39, 0.29) is 0 Å². The molecule has 0 heterocycles. The average molecular weight is 194 g/mol. The summed E-state index contributed by atoms with van der Waals surface area (Å²) in [7, 11) is 2.13. The summed E-state index contributed by atoms with van der Waals surface area (Å²) in [6.45, 7) is 2.18. The van der Waals surface area contributed by atoms with E-state index in [1.165, 1.54) is 22.2 Å². The SMILES string of the molecule is Bc1cccc(-c2ccc(CC)cc2)c1. The fraction of sp³-hybridized carbons (Fsp3) is 0.143. The van der Waals surface area contributed by atoms with E-state index in [4.69, 9.17) is 0 Å². The lowest BCUT2D eigenvalue weighted by molar-refractivity contribution is 1.14.